The minimum Gasteiger partial charge on any atom is -0.424 e. The maximum Gasteiger partial charge on any atom is 0.340 e. The summed E-state index contributed by atoms with van der Waals surface area (Å²) in [6.45, 7) is 0.592. The van der Waals surface area contributed by atoms with E-state index in [1.165, 1.54) is 0 Å². The number of carbonyl (C=O) groups is 2. The van der Waals surface area contributed by atoms with Crippen LogP contribution >= 0.6 is 0 Å². The highest BCUT2D eigenvalue weighted by Gasteiger charge is 2.25. The summed E-state index contributed by atoms with van der Waals surface area (Å²) in [6.07, 6.45) is 1.73. The van der Waals surface area contributed by atoms with Gasteiger partial charge < -0.3 is 9.47 Å². The summed E-state index contributed by atoms with van der Waals surface area (Å²) in [7, 11) is 0. The maximum atomic E-state index is 11.6. The van der Waals surface area contributed by atoms with Crippen LogP contribution < -0.4 is 4.74 Å². The largest absolute Gasteiger partial charge is 0.424 e. The Hall–Kier alpha value is -1.68. The highest BCUT2D eigenvalue weighted by atomic mass is 16.6. The zero-order chi connectivity index (χ0) is 11.4. The second kappa shape index (κ2) is 4.90. The van der Waals surface area contributed by atoms with Crippen LogP contribution in [0.1, 0.15) is 23.2 Å². The SMILES string of the molecule is O=Cc1ccccc1OC(=O)C1CCCO1. The highest BCUT2D eigenvalue weighted by Crippen LogP contribution is 2.19. The van der Waals surface area contributed by atoms with E-state index in [0.717, 1.165) is 6.42 Å². The molecule has 1 saturated heterocycles. The number of carbonyl (C=O) groups excluding carboxylic acids is 2. The van der Waals surface area contributed by atoms with Crippen LogP contribution in [0.3, 0.4) is 0 Å². The minimum atomic E-state index is -0.486. The van der Waals surface area contributed by atoms with Crippen LogP contribution in [0.5, 0.6) is 5.75 Å². The maximum absolute atomic E-state index is 11.6. The molecule has 1 fully saturated rings. The van der Waals surface area contributed by atoms with Crippen LogP contribution in [0, 0.1) is 0 Å². The molecule has 0 amide bonds. The van der Waals surface area contributed by atoms with E-state index in [1.54, 1.807) is 24.3 Å². The van der Waals surface area contributed by atoms with Crippen molar-refractivity contribution in [3.63, 3.8) is 0 Å². The molecular formula is C12H12O4. The molecule has 4 heteroatoms. The van der Waals surface area contributed by atoms with Gasteiger partial charge >= 0.3 is 5.97 Å². The van der Waals surface area contributed by atoms with Gasteiger partial charge in [-0.1, -0.05) is 12.1 Å². The van der Waals surface area contributed by atoms with Gasteiger partial charge in [0.1, 0.15) is 5.75 Å². The summed E-state index contributed by atoms with van der Waals surface area (Å²) in [4.78, 5) is 22.3. The molecule has 0 spiro atoms. The van der Waals surface area contributed by atoms with Gasteiger partial charge in [-0.3, -0.25) is 4.79 Å². The van der Waals surface area contributed by atoms with Gasteiger partial charge in [0.25, 0.3) is 0 Å². The van der Waals surface area contributed by atoms with E-state index in [-0.39, 0.29) is 5.75 Å². The van der Waals surface area contributed by atoms with Gasteiger partial charge in [0, 0.05) is 6.61 Å². The Labute approximate surface area is 93.2 Å². The summed E-state index contributed by atoms with van der Waals surface area (Å²) >= 11 is 0. The van der Waals surface area contributed by atoms with Crippen molar-refractivity contribution < 1.29 is 19.1 Å². The van der Waals surface area contributed by atoms with Crippen LogP contribution in [-0.4, -0.2) is 25.0 Å². The van der Waals surface area contributed by atoms with E-state index in [2.05, 4.69) is 0 Å². The van der Waals surface area contributed by atoms with E-state index in [1.807, 2.05) is 0 Å². The van der Waals surface area contributed by atoms with Crippen molar-refractivity contribution in [3.05, 3.63) is 29.8 Å². The summed E-state index contributed by atoms with van der Waals surface area (Å²) < 4.78 is 10.3. The van der Waals surface area contributed by atoms with Crippen LogP contribution in [0.4, 0.5) is 0 Å². The van der Waals surface area contributed by atoms with Gasteiger partial charge in [0.05, 0.1) is 5.56 Å². The first-order chi connectivity index (χ1) is 7.81. The molecule has 1 heterocycles. The van der Waals surface area contributed by atoms with E-state index in [4.69, 9.17) is 9.47 Å². The molecule has 0 N–H and O–H groups in total. The molecule has 1 unspecified atom stereocenters. The first-order valence-electron chi connectivity index (χ1n) is 5.19. The molecule has 1 aliphatic rings. The molecule has 1 aliphatic heterocycles. The Morgan fingerprint density at radius 2 is 2.25 bits per heavy atom. The van der Waals surface area contributed by atoms with Crippen LogP contribution in [-0.2, 0) is 9.53 Å². The predicted molar refractivity (Wildman–Crippen MR) is 56.4 cm³/mol. The lowest BCUT2D eigenvalue weighted by atomic mass is 10.2. The Morgan fingerprint density at radius 1 is 1.44 bits per heavy atom. The van der Waals surface area contributed by atoms with Gasteiger partial charge in [-0.15, -0.1) is 0 Å². The van der Waals surface area contributed by atoms with E-state index >= 15 is 0 Å². The number of rotatable bonds is 3. The molecule has 0 aromatic heterocycles. The van der Waals surface area contributed by atoms with Crippen molar-refractivity contribution in [2.75, 3.05) is 6.61 Å². The quantitative estimate of drug-likeness (QED) is 0.441. The molecule has 0 bridgehead atoms. The fraction of sp³-hybridized carbons (Fsp3) is 0.333. The number of hydrogen-bond acceptors (Lipinski definition) is 4. The number of hydrogen-bond donors (Lipinski definition) is 0. The Bertz CT molecular complexity index is 394. The zero-order valence-electron chi connectivity index (χ0n) is 8.72. The fourth-order valence-corrected chi connectivity index (χ4v) is 1.61. The van der Waals surface area contributed by atoms with E-state index < -0.39 is 12.1 Å². The monoisotopic (exact) mass is 220 g/mol. The van der Waals surface area contributed by atoms with Crippen LogP contribution in [0.2, 0.25) is 0 Å². The van der Waals surface area contributed by atoms with Gasteiger partial charge in [-0.05, 0) is 25.0 Å². The molecule has 0 aliphatic carbocycles. The molecule has 16 heavy (non-hydrogen) atoms. The van der Waals surface area contributed by atoms with Gasteiger partial charge in [0.15, 0.2) is 12.4 Å². The number of benzene rings is 1. The lowest BCUT2D eigenvalue weighted by Crippen LogP contribution is -2.25. The molecule has 4 nitrogen and oxygen atoms in total. The second-order valence-electron chi connectivity index (χ2n) is 3.58. The van der Waals surface area contributed by atoms with Crippen molar-refractivity contribution in [2.45, 2.75) is 18.9 Å². The van der Waals surface area contributed by atoms with Gasteiger partial charge in [-0.25, -0.2) is 4.79 Å². The molecule has 1 aromatic rings. The first-order valence-corrected chi connectivity index (χ1v) is 5.19. The third-order valence-corrected chi connectivity index (χ3v) is 2.45. The topological polar surface area (TPSA) is 52.6 Å². The number of esters is 1. The molecule has 0 radical (unpaired) electrons. The molecule has 2 rings (SSSR count). The molecule has 0 saturated carbocycles. The summed E-state index contributed by atoms with van der Waals surface area (Å²) in [5.74, 6) is -0.134. The third kappa shape index (κ3) is 2.28. The Balaban J connectivity index is 2.07. The lowest BCUT2D eigenvalue weighted by molar-refractivity contribution is -0.144. The number of aldehydes is 1. The standard InChI is InChI=1S/C12H12O4/c13-8-9-4-1-2-5-10(9)16-12(14)11-6-3-7-15-11/h1-2,4-5,8,11H,3,6-7H2. The van der Waals surface area contributed by atoms with Gasteiger partial charge in [0.2, 0.25) is 0 Å². The van der Waals surface area contributed by atoms with E-state index in [0.29, 0.717) is 24.9 Å². The second-order valence-corrected chi connectivity index (χ2v) is 3.58. The average molecular weight is 220 g/mol. The van der Waals surface area contributed by atoms with Crippen molar-refractivity contribution in [3.8, 4) is 5.75 Å². The van der Waals surface area contributed by atoms with Crippen LogP contribution in [0.25, 0.3) is 0 Å². The fourth-order valence-electron chi connectivity index (χ4n) is 1.61. The Kier molecular flexibility index (Phi) is 3.31. The summed E-state index contributed by atoms with van der Waals surface area (Å²) in [6, 6.07) is 6.62. The molecule has 1 aromatic carbocycles. The summed E-state index contributed by atoms with van der Waals surface area (Å²) in [5, 5.41) is 0. The number of ether oxygens (including phenoxy) is 2. The Morgan fingerprint density at radius 3 is 2.94 bits per heavy atom. The first kappa shape index (κ1) is 10.8. The smallest absolute Gasteiger partial charge is 0.340 e. The van der Waals surface area contributed by atoms with Gasteiger partial charge in [-0.2, -0.15) is 0 Å². The van der Waals surface area contributed by atoms with Crippen molar-refractivity contribution >= 4 is 12.3 Å². The highest BCUT2D eigenvalue weighted by molar-refractivity contribution is 5.83. The normalized spacial score (nSPS) is 19.4. The zero-order valence-corrected chi connectivity index (χ0v) is 8.72. The van der Waals surface area contributed by atoms with Crippen molar-refractivity contribution in [1.29, 1.82) is 0 Å². The lowest BCUT2D eigenvalue weighted by Gasteiger charge is -2.10. The predicted octanol–water partition coefficient (Wildman–Crippen LogP) is 1.58. The minimum absolute atomic E-state index is 0.290. The van der Waals surface area contributed by atoms with Crippen molar-refractivity contribution in [1.82, 2.24) is 0 Å². The molecular weight excluding hydrogens is 208 g/mol. The van der Waals surface area contributed by atoms with E-state index in [9.17, 15) is 9.59 Å². The molecule has 1 atom stereocenters. The summed E-state index contributed by atoms with van der Waals surface area (Å²) in [5.41, 5.74) is 0.369. The van der Waals surface area contributed by atoms with Crippen molar-refractivity contribution in [2.24, 2.45) is 0 Å². The average Bonchev–Trinajstić information content (AvgIpc) is 2.83. The number of para-hydroxylation sites is 1. The molecule has 84 valence electrons. The third-order valence-electron chi connectivity index (χ3n) is 2.45. The van der Waals surface area contributed by atoms with Crippen LogP contribution in [0.15, 0.2) is 24.3 Å².